The van der Waals surface area contributed by atoms with Gasteiger partial charge in [0.1, 0.15) is 0 Å². The van der Waals surface area contributed by atoms with E-state index in [1.165, 1.54) is 19.1 Å². The van der Waals surface area contributed by atoms with Gasteiger partial charge >= 0.3 is 11.9 Å². The molecule has 0 heterocycles. The molecule has 1 atom stereocenters. The number of hydrogen-bond acceptors (Lipinski definition) is 3. The van der Waals surface area contributed by atoms with E-state index >= 15 is 0 Å². The summed E-state index contributed by atoms with van der Waals surface area (Å²) in [6, 6.07) is 6.08. The number of hydrogen-bond donors (Lipinski definition) is 1. The fraction of sp³-hybridized carbons (Fsp3) is 0.500. The summed E-state index contributed by atoms with van der Waals surface area (Å²) in [5, 5.41) is 10.0. The second-order valence-electron chi connectivity index (χ2n) is 4.42. The minimum absolute atomic E-state index is 0.0252. The molecule has 0 bridgehead atoms. The predicted molar refractivity (Wildman–Crippen MR) is 67.0 cm³/mol. The van der Waals surface area contributed by atoms with Gasteiger partial charge in [0.15, 0.2) is 5.60 Å². The monoisotopic (exact) mass is 272 g/mol. The Morgan fingerprint density at radius 3 is 2.21 bits per heavy atom. The van der Waals surface area contributed by atoms with Gasteiger partial charge in [0.05, 0.1) is 6.61 Å². The first-order chi connectivity index (χ1) is 8.77. The lowest BCUT2D eigenvalue weighted by molar-refractivity contribution is -0.212. The molecule has 0 aromatic heterocycles. The van der Waals surface area contributed by atoms with Crippen LogP contribution in [0.2, 0.25) is 0 Å². The second kappa shape index (κ2) is 5.65. The third-order valence-electron chi connectivity index (χ3n) is 3.07. The van der Waals surface area contributed by atoms with E-state index in [-0.39, 0.29) is 12.2 Å². The summed E-state index contributed by atoms with van der Waals surface area (Å²) in [6.45, 7) is 4.10. The first-order valence-electron chi connectivity index (χ1n) is 6.14. The van der Waals surface area contributed by atoms with E-state index in [9.17, 15) is 18.7 Å². The summed E-state index contributed by atoms with van der Waals surface area (Å²) in [5.41, 5.74) is -1.67. The van der Waals surface area contributed by atoms with Gasteiger partial charge in [0.2, 0.25) is 0 Å². The first kappa shape index (κ1) is 15.6. The number of halogens is 2. The number of alkyl halides is 2. The highest BCUT2D eigenvalue weighted by Crippen LogP contribution is 2.38. The molecule has 1 rings (SSSR count). The van der Waals surface area contributed by atoms with Crippen LogP contribution in [0.3, 0.4) is 0 Å². The zero-order valence-electron chi connectivity index (χ0n) is 11.2. The van der Waals surface area contributed by atoms with Gasteiger partial charge in [-0.1, -0.05) is 31.2 Å². The third-order valence-corrected chi connectivity index (χ3v) is 3.07. The topological polar surface area (TPSA) is 46.5 Å². The van der Waals surface area contributed by atoms with Crippen molar-refractivity contribution >= 4 is 5.97 Å². The van der Waals surface area contributed by atoms with E-state index in [1.807, 2.05) is 6.92 Å². The Balaban J connectivity index is 3.09. The quantitative estimate of drug-likeness (QED) is 0.838. The van der Waals surface area contributed by atoms with Gasteiger partial charge in [0, 0.05) is 0 Å². The Labute approximate surface area is 111 Å². The molecule has 0 aliphatic rings. The van der Waals surface area contributed by atoms with Crippen LogP contribution in [0, 0.1) is 0 Å². The van der Waals surface area contributed by atoms with Gasteiger partial charge in [-0.3, -0.25) is 0 Å². The van der Waals surface area contributed by atoms with Crippen LogP contribution in [-0.4, -0.2) is 23.6 Å². The van der Waals surface area contributed by atoms with Crippen molar-refractivity contribution in [1.82, 2.24) is 0 Å². The summed E-state index contributed by atoms with van der Waals surface area (Å²) < 4.78 is 32.2. The maximum absolute atomic E-state index is 13.9. The molecule has 19 heavy (non-hydrogen) atoms. The van der Waals surface area contributed by atoms with Crippen LogP contribution >= 0.6 is 0 Å². The number of carbonyl (C=O) groups excluding carboxylic acids is 1. The van der Waals surface area contributed by atoms with Gasteiger partial charge in [0.25, 0.3) is 0 Å². The largest absolute Gasteiger partial charge is 0.461 e. The van der Waals surface area contributed by atoms with E-state index < -0.39 is 17.5 Å². The van der Waals surface area contributed by atoms with Crippen molar-refractivity contribution in [2.24, 2.45) is 0 Å². The number of ether oxygens (including phenoxy) is 1. The number of rotatable bonds is 5. The van der Waals surface area contributed by atoms with Crippen LogP contribution in [0.4, 0.5) is 8.78 Å². The number of carbonyl (C=O) groups is 1. The molecular formula is C14H18F2O3. The fourth-order valence-electron chi connectivity index (χ4n) is 1.67. The summed E-state index contributed by atoms with van der Waals surface area (Å²) in [5.74, 6) is -5.73. The van der Waals surface area contributed by atoms with Crippen LogP contribution in [0.5, 0.6) is 0 Å². The lowest BCUT2D eigenvalue weighted by atomic mass is 9.88. The Kier molecular flexibility index (Phi) is 4.63. The molecule has 0 spiro atoms. The van der Waals surface area contributed by atoms with E-state index in [1.54, 1.807) is 12.1 Å². The zero-order valence-corrected chi connectivity index (χ0v) is 11.2. The highest BCUT2D eigenvalue weighted by atomic mass is 19.3. The minimum atomic E-state index is -4.00. The molecule has 1 aromatic carbocycles. The van der Waals surface area contributed by atoms with Crippen LogP contribution in [0.15, 0.2) is 24.3 Å². The summed E-state index contributed by atoms with van der Waals surface area (Å²) in [4.78, 5) is 11.3. The van der Waals surface area contributed by atoms with Crippen molar-refractivity contribution in [3.8, 4) is 0 Å². The average Bonchev–Trinajstić information content (AvgIpc) is 2.38. The number of aliphatic hydroxyl groups is 1. The Hall–Kier alpha value is -1.49. The molecule has 0 aliphatic carbocycles. The van der Waals surface area contributed by atoms with Crippen molar-refractivity contribution in [2.75, 3.05) is 6.61 Å². The van der Waals surface area contributed by atoms with Crippen molar-refractivity contribution in [2.45, 2.75) is 38.7 Å². The molecule has 1 aromatic rings. The van der Waals surface area contributed by atoms with Crippen LogP contribution < -0.4 is 0 Å². The summed E-state index contributed by atoms with van der Waals surface area (Å²) in [7, 11) is 0. The lowest BCUT2D eigenvalue weighted by Gasteiger charge is -2.31. The molecule has 0 radical (unpaired) electrons. The van der Waals surface area contributed by atoms with Crippen molar-refractivity contribution in [3.63, 3.8) is 0 Å². The van der Waals surface area contributed by atoms with Crippen molar-refractivity contribution in [3.05, 3.63) is 35.4 Å². The molecule has 0 saturated carbocycles. The Morgan fingerprint density at radius 1 is 1.26 bits per heavy atom. The molecule has 106 valence electrons. The van der Waals surface area contributed by atoms with Gasteiger partial charge < -0.3 is 9.84 Å². The number of benzene rings is 1. The third kappa shape index (κ3) is 2.92. The molecule has 5 heteroatoms. The maximum atomic E-state index is 13.9. The second-order valence-corrected chi connectivity index (χ2v) is 4.42. The summed E-state index contributed by atoms with van der Waals surface area (Å²) in [6.07, 6.45) is 0.761. The molecule has 0 amide bonds. The molecule has 0 saturated heterocycles. The van der Waals surface area contributed by atoms with Crippen LogP contribution in [0.25, 0.3) is 0 Å². The maximum Gasteiger partial charge on any atom is 0.380 e. The van der Waals surface area contributed by atoms with E-state index in [4.69, 9.17) is 0 Å². The molecule has 1 N–H and O–H groups in total. The molecule has 0 fully saturated rings. The standard InChI is InChI=1S/C14H18F2O3/c1-4-10-6-8-11(9-7-10)13(3,18)14(15,16)12(17)19-5-2/h6-9,18H,4-5H2,1-3H3. The molecule has 3 nitrogen and oxygen atoms in total. The van der Waals surface area contributed by atoms with Gasteiger partial charge in [-0.2, -0.15) is 8.78 Å². The van der Waals surface area contributed by atoms with Gasteiger partial charge in [-0.25, -0.2) is 4.79 Å². The van der Waals surface area contributed by atoms with Crippen molar-refractivity contribution < 1.29 is 23.4 Å². The van der Waals surface area contributed by atoms with E-state index in [0.717, 1.165) is 18.9 Å². The van der Waals surface area contributed by atoms with Gasteiger partial charge in [-0.05, 0) is 31.4 Å². The average molecular weight is 272 g/mol. The normalized spacial score (nSPS) is 14.8. The van der Waals surface area contributed by atoms with E-state index in [0.29, 0.717) is 0 Å². The minimum Gasteiger partial charge on any atom is -0.461 e. The van der Waals surface area contributed by atoms with Gasteiger partial charge in [-0.15, -0.1) is 0 Å². The zero-order chi connectivity index (χ0) is 14.7. The first-order valence-corrected chi connectivity index (χ1v) is 6.14. The number of aryl methyl sites for hydroxylation is 1. The molecule has 0 aliphatic heterocycles. The SMILES string of the molecule is CCOC(=O)C(F)(F)C(C)(O)c1ccc(CC)cc1. The highest BCUT2D eigenvalue weighted by Gasteiger charge is 2.57. The smallest absolute Gasteiger partial charge is 0.380 e. The Morgan fingerprint density at radius 2 is 1.79 bits per heavy atom. The fourth-order valence-corrected chi connectivity index (χ4v) is 1.67. The highest BCUT2D eigenvalue weighted by molar-refractivity contribution is 5.79. The number of esters is 1. The van der Waals surface area contributed by atoms with Crippen LogP contribution in [-0.2, 0) is 21.6 Å². The lowest BCUT2D eigenvalue weighted by Crippen LogP contribution is -2.49. The van der Waals surface area contributed by atoms with Crippen LogP contribution in [0.1, 0.15) is 31.9 Å². The molecular weight excluding hydrogens is 254 g/mol. The predicted octanol–water partition coefficient (Wildman–Crippen LogP) is 2.65. The van der Waals surface area contributed by atoms with E-state index in [2.05, 4.69) is 4.74 Å². The van der Waals surface area contributed by atoms with Crippen molar-refractivity contribution in [1.29, 1.82) is 0 Å². The summed E-state index contributed by atoms with van der Waals surface area (Å²) >= 11 is 0. The molecule has 1 unspecified atom stereocenters. The Bertz CT molecular complexity index is 439.